The summed E-state index contributed by atoms with van der Waals surface area (Å²) in [6, 6.07) is 0.889. The molecular weight excluding hydrogens is 258 g/mol. The smallest absolute Gasteiger partial charge is 0.150 e. The van der Waals surface area contributed by atoms with Gasteiger partial charge in [-0.15, -0.1) is 22.2 Å². The lowest BCUT2D eigenvalue weighted by Gasteiger charge is -2.14. The predicted octanol–water partition coefficient (Wildman–Crippen LogP) is 4.01. The Hall–Kier alpha value is 1.59. The van der Waals surface area contributed by atoms with Gasteiger partial charge in [0.1, 0.15) is 0 Å². The van der Waals surface area contributed by atoms with Crippen molar-refractivity contribution < 1.29 is 0 Å². The summed E-state index contributed by atoms with van der Waals surface area (Å²) in [5.74, 6) is 0. The van der Waals surface area contributed by atoms with Crippen LogP contribution in [0.5, 0.6) is 0 Å². The van der Waals surface area contributed by atoms with E-state index in [1.807, 2.05) is 6.55 Å². The van der Waals surface area contributed by atoms with Crippen LogP contribution in [-0.4, -0.2) is 14.1 Å². The molecular formula is C5H12Cl4Si2. The van der Waals surface area contributed by atoms with E-state index in [0.717, 1.165) is 12.5 Å². The van der Waals surface area contributed by atoms with Crippen molar-refractivity contribution >= 4 is 58.4 Å². The van der Waals surface area contributed by atoms with Crippen LogP contribution >= 0.6 is 44.3 Å². The summed E-state index contributed by atoms with van der Waals surface area (Å²) in [5, 5.41) is 0. The van der Waals surface area contributed by atoms with Gasteiger partial charge in [0.05, 0.1) is 0 Å². The number of hydrogen-bond acceptors (Lipinski definition) is 0. The minimum atomic E-state index is -1.92. The van der Waals surface area contributed by atoms with E-state index in [0.29, 0.717) is 5.54 Å². The third-order valence-electron chi connectivity index (χ3n) is 1.47. The Labute approximate surface area is 89.6 Å². The van der Waals surface area contributed by atoms with Crippen molar-refractivity contribution in [3.05, 3.63) is 0 Å². The van der Waals surface area contributed by atoms with Gasteiger partial charge < -0.3 is 0 Å². The molecule has 68 valence electrons. The Bertz CT molecular complexity index is 112. The van der Waals surface area contributed by atoms with Gasteiger partial charge in [-0.3, -0.25) is 0 Å². The van der Waals surface area contributed by atoms with Crippen LogP contribution in [-0.2, 0) is 0 Å². The molecule has 0 N–H and O–H groups in total. The molecule has 0 aliphatic carbocycles. The van der Waals surface area contributed by atoms with Crippen LogP contribution in [0.2, 0.25) is 18.1 Å². The van der Waals surface area contributed by atoms with E-state index in [9.17, 15) is 0 Å². The van der Waals surface area contributed by atoms with Gasteiger partial charge >= 0.3 is 0 Å². The lowest BCUT2D eigenvalue weighted by atomic mass is 10.4. The molecule has 0 aliphatic heterocycles. The zero-order valence-corrected chi connectivity index (χ0v) is 11.8. The largest absolute Gasteiger partial charge is 0.248 e. The van der Waals surface area contributed by atoms with Gasteiger partial charge in [0.25, 0.3) is 0 Å². The van der Waals surface area contributed by atoms with Gasteiger partial charge in [-0.1, -0.05) is 13.3 Å². The van der Waals surface area contributed by atoms with E-state index in [1.54, 1.807) is 0 Å². The van der Waals surface area contributed by atoms with Crippen molar-refractivity contribution in [3.63, 3.8) is 0 Å². The molecule has 0 spiro atoms. The van der Waals surface area contributed by atoms with Gasteiger partial charge in [-0.25, -0.2) is 0 Å². The van der Waals surface area contributed by atoms with E-state index in [2.05, 4.69) is 6.92 Å². The molecule has 11 heavy (non-hydrogen) atoms. The van der Waals surface area contributed by atoms with Crippen LogP contribution < -0.4 is 0 Å². The average molecular weight is 270 g/mol. The number of hydrogen-bond donors (Lipinski definition) is 0. The Morgan fingerprint density at radius 1 is 1.36 bits per heavy atom. The van der Waals surface area contributed by atoms with E-state index >= 15 is 0 Å². The molecule has 1 unspecified atom stereocenters. The molecule has 0 fully saturated rings. The summed E-state index contributed by atoms with van der Waals surface area (Å²) in [7, 11) is -1.50. The average Bonchev–Trinajstić information content (AvgIpc) is 1.80. The Morgan fingerprint density at radius 3 is 2.09 bits per heavy atom. The third-order valence-corrected chi connectivity index (χ3v) is 7.54. The molecule has 0 amide bonds. The van der Waals surface area contributed by atoms with E-state index in [-0.39, 0.29) is 0 Å². The molecule has 0 aromatic carbocycles. The SMILES string of the molecule is CC(CC[Si](C)(Cl)Cl)[SiH](Cl)Cl. The summed E-state index contributed by atoms with van der Waals surface area (Å²) >= 11 is 23.4. The molecule has 0 aromatic rings. The fraction of sp³-hybridized carbons (Fsp3) is 1.00. The van der Waals surface area contributed by atoms with E-state index < -0.39 is 14.1 Å². The normalized spacial score (nSPS) is 15.5. The van der Waals surface area contributed by atoms with Crippen molar-refractivity contribution in [3.8, 4) is 0 Å². The maximum Gasteiger partial charge on any atom is 0.248 e. The van der Waals surface area contributed by atoms with Crippen molar-refractivity contribution in [2.24, 2.45) is 0 Å². The highest BCUT2D eigenvalue weighted by Crippen LogP contribution is 2.29. The van der Waals surface area contributed by atoms with Crippen LogP contribution in [0.15, 0.2) is 0 Å². The highest BCUT2D eigenvalue weighted by molar-refractivity contribution is 7.44. The number of halogens is 4. The molecule has 0 heterocycles. The Morgan fingerprint density at radius 2 is 1.82 bits per heavy atom. The second kappa shape index (κ2) is 5.35. The quantitative estimate of drug-likeness (QED) is 0.534. The van der Waals surface area contributed by atoms with Crippen LogP contribution in [0.25, 0.3) is 0 Å². The van der Waals surface area contributed by atoms with Crippen molar-refractivity contribution in [2.75, 3.05) is 0 Å². The van der Waals surface area contributed by atoms with Gasteiger partial charge in [-0.2, -0.15) is 22.2 Å². The second-order valence-corrected chi connectivity index (χ2v) is 16.4. The summed E-state index contributed by atoms with van der Waals surface area (Å²) in [4.78, 5) is 0. The first kappa shape index (κ1) is 12.6. The molecule has 0 nitrogen and oxygen atoms in total. The molecule has 6 heteroatoms. The maximum absolute atomic E-state index is 5.92. The zero-order valence-electron chi connectivity index (χ0n) is 6.58. The molecule has 0 radical (unpaired) electrons. The molecule has 0 saturated heterocycles. The molecule has 0 saturated carbocycles. The van der Waals surface area contributed by atoms with Gasteiger partial charge in [0.2, 0.25) is 14.1 Å². The Balaban J connectivity index is 3.54. The minimum absolute atomic E-state index is 0.419. The minimum Gasteiger partial charge on any atom is -0.150 e. The maximum atomic E-state index is 5.92. The Kier molecular flexibility index (Phi) is 6.13. The van der Waals surface area contributed by atoms with Crippen LogP contribution in [0.1, 0.15) is 13.3 Å². The molecule has 0 bridgehead atoms. The van der Waals surface area contributed by atoms with Crippen molar-refractivity contribution in [2.45, 2.75) is 31.5 Å². The van der Waals surface area contributed by atoms with Gasteiger partial charge in [0.15, 0.2) is 0 Å². The lowest BCUT2D eigenvalue weighted by Crippen LogP contribution is -2.14. The summed E-state index contributed by atoms with van der Waals surface area (Å²) in [6.07, 6.45) is 0.972. The predicted molar refractivity (Wildman–Crippen MR) is 61.0 cm³/mol. The fourth-order valence-electron chi connectivity index (χ4n) is 0.607. The van der Waals surface area contributed by atoms with E-state index in [1.165, 1.54) is 0 Å². The first-order chi connectivity index (χ1) is 4.83. The summed E-state index contributed by atoms with van der Waals surface area (Å²) in [5.41, 5.74) is 0.419. The van der Waals surface area contributed by atoms with Gasteiger partial charge in [0, 0.05) is 0 Å². The van der Waals surface area contributed by atoms with E-state index in [4.69, 9.17) is 44.3 Å². The summed E-state index contributed by atoms with van der Waals surface area (Å²) < 4.78 is 0. The summed E-state index contributed by atoms with van der Waals surface area (Å²) in [6.45, 7) is 2.06. The standard InChI is InChI=1S/C5H12Cl4Si2/c1-5(10(6)7)3-4-11(2,8)9/h5,10H,3-4H2,1-2H3. The molecule has 0 aromatic heterocycles. The van der Waals surface area contributed by atoms with Crippen LogP contribution in [0.4, 0.5) is 0 Å². The van der Waals surface area contributed by atoms with Crippen molar-refractivity contribution in [1.29, 1.82) is 0 Å². The topological polar surface area (TPSA) is 0 Å². The van der Waals surface area contributed by atoms with Crippen LogP contribution in [0, 0.1) is 0 Å². The van der Waals surface area contributed by atoms with Crippen LogP contribution in [0.3, 0.4) is 0 Å². The zero-order chi connectivity index (χ0) is 9.07. The first-order valence-corrected chi connectivity index (χ1v) is 12.4. The molecule has 1 atom stereocenters. The lowest BCUT2D eigenvalue weighted by molar-refractivity contribution is 0.865. The van der Waals surface area contributed by atoms with Gasteiger partial charge in [-0.05, 0) is 18.1 Å². The van der Waals surface area contributed by atoms with Crippen molar-refractivity contribution in [1.82, 2.24) is 0 Å². The first-order valence-electron chi connectivity index (χ1n) is 3.49. The highest BCUT2D eigenvalue weighted by Gasteiger charge is 2.23. The fourth-order valence-corrected chi connectivity index (χ4v) is 3.73. The number of rotatable bonds is 4. The second-order valence-electron chi connectivity index (χ2n) is 2.92. The third kappa shape index (κ3) is 7.94. The molecule has 0 rings (SSSR count). The highest BCUT2D eigenvalue weighted by atomic mass is 35.7. The molecule has 0 aliphatic rings. The monoisotopic (exact) mass is 268 g/mol.